The summed E-state index contributed by atoms with van der Waals surface area (Å²) >= 11 is 1.32. The van der Waals surface area contributed by atoms with Crippen molar-refractivity contribution in [2.75, 3.05) is 32.6 Å². The van der Waals surface area contributed by atoms with E-state index in [-0.39, 0.29) is 5.91 Å². The minimum absolute atomic E-state index is 0.278. The lowest BCUT2D eigenvalue weighted by atomic mass is 10.2. The van der Waals surface area contributed by atoms with Gasteiger partial charge in [-0.25, -0.2) is 4.98 Å². The maximum absolute atomic E-state index is 12.5. The molecular formula is C16H20N6O2S. The molecule has 0 saturated heterocycles. The molecular weight excluding hydrogens is 340 g/mol. The fourth-order valence-electron chi connectivity index (χ4n) is 2.30. The molecule has 0 aromatic carbocycles. The summed E-state index contributed by atoms with van der Waals surface area (Å²) in [6, 6.07) is 3.65. The number of carbonyl (C=O) groups excluding carboxylic acids is 1. The van der Waals surface area contributed by atoms with E-state index in [9.17, 15) is 4.79 Å². The lowest BCUT2D eigenvalue weighted by Gasteiger charge is -2.10. The Hall–Kier alpha value is -2.52. The molecule has 0 saturated carbocycles. The van der Waals surface area contributed by atoms with Crippen molar-refractivity contribution in [3.05, 3.63) is 28.9 Å². The third kappa shape index (κ3) is 4.31. The summed E-state index contributed by atoms with van der Waals surface area (Å²) in [7, 11) is 4.04. The van der Waals surface area contributed by atoms with E-state index in [0.717, 1.165) is 23.5 Å². The van der Waals surface area contributed by atoms with E-state index in [4.69, 9.17) is 4.74 Å². The number of fused-ring (bicyclic) bond motifs is 1. The van der Waals surface area contributed by atoms with Crippen LogP contribution in [-0.4, -0.2) is 58.2 Å². The van der Waals surface area contributed by atoms with Crippen LogP contribution >= 0.6 is 11.3 Å². The Morgan fingerprint density at radius 1 is 1.36 bits per heavy atom. The van der Waals surface area contributed by atoms with Gasteiger partial charge in [0.1, 0.15) is 10.5 Å². The number of hydrogen-bond donors (Lipinski definition) is 2. The molecule has 0 aliphatic rings. The van der Waals surface area contributed by atoms with Gasteiger partial charge in [0.05, 0.1) is 17.7 Å². The fraction of sp³-hybridized carbons (Fsp3) is 0.375. The normalized spacial score (nSPS) is 11.2. The molecule has 9 heteroatoms. The van der Waals surface area contributed by atoms with Crippen LogP contribution in [0.4, 0.5) is 5.13 Å². The Balaban J connectivity index is 1.72. The zero-order valence-electron chi connectivity index (χ0n) is 14.4. The standard InChI is InChI=1S/C16H20N6O2S/c1-10-20-21-16(25-10)19-15(23)11-9-17-12-5-6-13(18-14(11)12)24-8-4-7-22(2)3/h5-6,9,17H,4,7-8H2,1-3H3,(H,19,21,23). The van der Waals surface area contributed by atoms with Gasteiger partial charge in [0.25, 0.3) is 5.91 Å². The minimum atomic E-state index is -0.278. The van der Waals surface area contributed by atoms with Crippen LogP contribution in [0.5, 0.6) is 5.88 Å². The number of nitrogens with one attached hydrogen (secondary N) is 2. The number of aromatic nitrogens is 4. The van der Waals surface area contributed by atoms with Crippen molar-refractivity contribution in [3.8, 4) is 5.88 Å². The number of rotatable bonds is 7. The molecule has 3 heterocycles. The van der Waals surface area contributed by atoms with Crippen molar-refractivity contribution in [2.24, 2.45) is 0 Å². The molecule has 2 N–H and O–H groups in total. The largest absolute Gasteiger partial charge is 0.478 e. The highest BCUT2D eigenvalue weighted by molar-refractivity contribution is 7.15. The summed E-state index contributed by atoms with van der Waals surface area (Å²) in [5, 5.41) is 11.8. The number of carbonyl (C=O) groups is 1. The highest BCUT2D eigenvalue weighted by atomic mass is 32.1. The molecule has 1 amide bonds. The van der Waals surface area contributed by atoms with Crippen molar-refractivity contribution >= 4 is 33.4 Å². The molecule has 0 spiro atoms. The van der Waals surface area contributed by atoms with E-state index < -0.39 is 0 Å². The molecule has 8 nitrogen and oxygen atoms in total. The Kier molecular flexibility index (Phi) is 5.25. The van der Waals surface area contributed by atoms with Crippen molar-refractivity contribution in [1.29, 1.82) is 0 Å². The van der Waals surface area contributed by atoms with E-state index >= 15 is 0 Å². The molecule has 132 valence electrons. The highest BCUT2D eigenvalue weighted by Gasteiger charge is 2.16. The summed E-state index contributed by atoms with van der Waals surface area (Å²) in [5.41, 5.74) is 1.80. The quantitative estimate of drug-likeness (QED) is 0.628. The Bertz CT molecular complexity index is 873. The fourth-order valence-corrected chi connectivity index (χ4v) is 2.89. The minimum Gasteiger partial charge on any atom is -0.478 e. The third-order valence-corrected chi connectivity index (χ3v) is 4.24. The van der Waals surface area contributed by atoms with Crippen LogP contribution in [0.1, 0.15) is 21.8 Å². The number of amides is 1. The van der Waals surface area contributed by atoms with Crippen molar-refractivity contribution in [3.63, 3.8) is 0 Å². The first kappa shape index (κ1) is 17.3. The monoisotopic (exact) mass is 360 g/mol. The van der Waals surface area contributed by atoms with E-state index in [0.29, 0.717) is 28.7 Å². The molecule has 0 unspecified atom stereocenters. The van der Waals surface area contributed by atoms with E-state index in [1.54, 1.807) is 12.3 Å². The van der Waals surface area contributed by atoms with Gasteiger partial charge in [-0.15, -0.1) is 10.2 Å². The van der Waals surface area contributed by atoms with Gasteiger partial charge in [0.2, 0.25) is 11.0 Å². The van der Waals surface area contributed by atoms with Crippen molar-refractivity contribution < 1.29 is 9.53 Å². The summed E-state index contributed by atoms with van der Waals surface area (Å²) in [4.78, 5) is 22.1. The topological polar surface area (TPSA) is 96.0 Å². The second-order valence-corrected chi connectivity index (χ2v) is 7.02. The number of aryl methyl sites for hydroxylation is 1. The van der Waals surface area contributed by atoms with E-state index in [2.05, 4.69) is 30.4 Å². The second kappa shape index (κ2) is 7.58. The predicted molar refractivity (Wildman–Crippen MR) is 97.4 cm³/mol. The number of hydrogen-bond acceptors (Lipinski definition) is 7. The van der Waals surface area contributed by atoms with Crippen LogP contribution in [0.3, 0.4) is 0 Å². The number of anilines is 1. The number of H-pyrrole nitrogens is 1. The van der Waals surface area contributed by atoms with Gasteiger partial charge < -0.3 is 14.6 Å². The highest BCUT2D eigenvalue weighted by Crippen LogP contribution is 2.22. The first-order valence-corrected chi connectivity index (χ1v) is 8.71. The van der Waals surface area contributed by atoms with E-state index in [1.165, 1.54) is 11.3 Å². The number of pyridine rings is 1. The summed E-state index contributed by atoms with van der Waals surface area (Å²) in [6.07, 6.45) is 2.54. The number of nitrogens with zero attached hydrogens (tertiary/aromatic N) is 4. The smallest absolute Gasteiger partial charge is 0.261 e. The van der Waals surface area contributed by atoms with Crippen molar-refractivity contribution in [2.45, 2.75) is 13.3 Å². The van der Waals surface area contributed by atoms with Crippen LogP contribution in [-0.2, 0) is 0 Å². The lowest BCUT2D eigenvalue weighted by molar-refractivity contribution is 0.102. The average molecular weight is 360 g/mol. The number of aromatic amines is 1. The lowest BCUT2D eigenvalue weighted by Crippen LogP contribution is -2.15. The summed E-state index contributed by atoms with van der Waals surface area (Å²) in [5.74, 6) is 0.228. The van der Waals surface area contributed by atoms with Gasteiger partial charge in [0, 0.05) is 18.8 Å². The zero-order valence-corrected chi connectivity index (χ0v) is 15.2. The molecule has 0 aliphatic carbocycles. The van der Waals surface area contributed by atoms with Gasteiger partial charge in [-0.1, -0.05) is 11.3 Å². The zero-order chi connectivity index (χ0) is 17.8. The summed E-state index contributed by atoms with van der Waals surface area (Å²) in [6.45, 7) is 3.36. The number of ether oxygens (including phenoxy) is 1. The average Bonchev–Trinajstić information content (AvgIpc) is 3.17. The van der Waals surface area contributed by atoms with Crippen molar-refractivity contribution in [1.82, 2.24) is 25.1 Å². The van der Waals surface area contributed by atoms with E-state index in [1.807, 2.05) is 27.1 Å². The molecule has 0 atom stereocenters. The Morgan fingerprint density at radius 2 is 2.20 bits per heavy atom. The van der Waals surface area contributed by atoms with Gasteiger partial charge in [-0.05, 0) is 33.5 Å². The third-order valence-electron chi connectivity index (χ3n) is 3.49. The van der Waals surface area contributed by atoms with Gasteiger partial charge in [-0.3, -0.25) is 10.1 Å². The Morgan fingerprint density at radius 3 is 2.92 bits per heavy atom. The molecule has 0 fully saturated rings. The molecule has 3 rings (SSSR count). The van der Waals surface area contributed by atoms with Gasteiger partial charge in [0.15, 0.2) is 0 Å². The molecule has 25 heavy (non-hydrogen) atoms. The molecule has 3 aromatic rings. The van der Waals surface area contributed by atoms with Crippen LogP contribution < -0.4 is 10.1 Å². The van der Waals surface area contributed by atoms with Crippen LogP contribution in [0.25, 0.3) is 11.0 Å². The maximum atomic E-state index is 12.5. The molecule has 0 radical (unpaired) electrons. The molecule has 0 bridgehead atoms. The molecule has 0 aliphatic heterocycles. The molecule has 3 aromatic heterocycles. The predicted octanol–water partition coefficient (Wildman–Crippen LogP) is 2.31. The SMILES string of the molecule is Cc1nnc(NC(=O)c2c[nH]c3ccc(OCCCN(C)C)nc23)s1. The Labute approximate surface area is 149 Å². The first-order valence-electron chi connectivity index (χ1n) is 7.90. The second-order valence-electron chi connectivity index (χ2n) is 5.83. The van der Waals surface area contributed by atoms with Crippen LogP contribution in [0, 0.1) is 6.92 Å². The van der Waals surface area contributed by atoms with Gasteiger partial charge in [-0.2, -0.15) is 0 Å². The van der Waals surface area contributed by atoms with Crippen LogP contribution in [0.2, 0.25) is 0 Å². The van der Waals surface area contributed by atoms with Crippen LogP contribution in [0.15, 0.2) is 18.3 Å². The first-order chi connectivity index (χ1) is 12.0. The summed E-state index contributed by atoms with van der Waals surface area (Å²) < 4.78 is 5.69. The maximum Gasteiger partial charge on any atom is 0.261 e. The van der Waals surface area contributed by atoms with Gasteiger partial charge >= 0.3 is 0 Å².